The van der Waals surface area contributed by atoms with E-state index in [1.54, 1.807) is 6.92 Å². The third-order valence-corrected chi connectivity index (χ3v) is 6.38. The van der Waals surface area contributed by atoms with Crippen molar-refractivity contribution < 1.29 is 4.79 Å². The molecule has 0 saturated heterocycles. The average Bonchev–Trinajstić information content (AvgIpc) is 3.14. The first kappa shape index (κ1) is 20.4. The lowest BCUT2D eigenvalue weighted by Gasteiger charge is -2.26. The molecule has 0 aliphatic carbocycles. The molecule has 1 aliphatic rings. The Hall–Kier alpha value is -3.54. The number of carbonyl (C=O) groups is 1. The van der Waals surface area contributed by atoms with Crippen LogP contribution in [0.4, 0.5) is 0 Å². The van der Waals surface area contributed by atoms with Crippen LogP contribution in [0.3, 0.4) is 0 Å². The van der Waals surface area contributed by atoms with E-state index in [0.29, 0.717) is 12.5 Å². The minimum Gasteiger partial charge on any atom is -0.338 e. The molecule has 1 aliphatic heterocycles. The number of hydrogen-bond acceptors (Lipinski definition) is 4. The van der Waals surface area contributed by atoms with Gasteiger partial charge >= 0.3 is 0 Å². The summed E-state index contributed by atoms with van der Waals surface area (Å²) in [6.07, 6.45) is 4.66. The zero-order valence-corrected chi connectivity index (χ0v) is 19.0. The van der Waals surface area contributed by atoms with Crippen molar-refractivity contribution >= 4 is 16.7 Å². The van der Waals surface area contributed by atoms with Gasteiger partial charge in [0.05, 0.1) is 11.4 Å². The van der Waals surface area contributed by atoms with Gasteiger partial charge in [0, 0.05) is 79.3 Å². The third kappa shape index (κ3) is 3.45. The molecule has 0 atom stereocenters. The largest absolute Gasteiger partial charge is 0.338 e. The molecular formula is C26H27N5O. The Morgan fingerprint density at radius 3 is 2.66 bits per heavy atom. The number of rotatable bonds is 3. The highest BCUT2D eigenvalue weighted by molar-refractivity contribution is 5.97. The van der Waals surface area contributed by atoms with Crippen LogP contribution in [0.5, 0.6) is 0 Å². The molecule has 6 heteroatoms. The fourth-order valence-electron chi connectivity index (χ4n) is 4.51. The highest BCUT2D eigenvalue weighted by atomic mass is 16.2. The molecule has 1 aromatic carbocycles. The standard InChI is InChI=1S/C26H27N5O/c1-16(2)23-9-8-19(13-27-23)24-12-18-6-5-7-20(21(18)14-28-24)26-22-15-31(17(3)32)11-10-25(22)30(4)29-26/h5-9,12-14,16H,10-11,15H2,1-4H3. The maximum absolute atomic E-state index is 12.0. The first-order valence-corrected chi connectivity index (χ1v) is 11.1. The number of benzene rings is 1. The summed E-state index contributed by atoms with van der Waals surface area (Å²) in [5, 5.41) is 7.02. The zero-order valence-electron chi connectivity index (χ0n) is 19.0. The number of hydrogen-bond donors (Lipinski definition) is 0. The number of nitrogens with zero attached hydrogens (tertiary/aromatic N) is 5. The molecule has 5 rings (SSSR count). The van der Waals surface area contributed by atoms with Gasteiger partial charge in [0.25, 0.3) is 0 Å². The van der Waals surface area contributed by atoms with Gasteiger partial charge in [-0.2, -0.15) is 5.10 Å². The van der Waals surface area contributed by atoms with Crippen molar-refractivity contribution in [2.45, 2.75) is 39.7 Å². The van der Waals surface area contributed by atoms with Crippen molar-refractivity contribution in [1.82, 2.24) is 24.6 Å². The van der Waals surface area contributed by atoms with Crippen molar-refractivity contribution in [3.63, 3.8) is 0 Å². The molecule has 0 saturated carbocycles. The topological polar surface area (TPSA) is 63.9 Å². The van der Waals surface area contributed by atoms with E-state index in [1.807, 2.05) is 29.0 Å². The van der Waals surface area contributed by atoms with E-state index in [-0.39, 0.29) is 5.91 Å². The van der Waals surface area contributed by atoms with Crippen LogP contribution >= 0.6 is 0 Å². The van der Waals surface area contributed by atoms with Crippen molar-refractivity contribution in [1.29, 1.82) is 0 Å². The molecule has 4 aromatic rings. The summed E-state index contributed by atoms with van der Waals surface area (Å²) in [6.45, 7) is 7.26. The van der Waals surface area contributed by atoms with Gasteiger partial charge in [-0.1, -0.05) is 32.0 Å². The van der Waals surface area contributed by atoms with Crippen LogP contribution in [-0.2, 0) is 24.8 Å². The lowest BCUT2D eigenvalue weighted by atomic mass is 9.97. The minimum atomic E-state index is 0.103. The van der Waals surface area contributed by atoms with Gasteiger partial charge in [-0.05, 0) is 29.5 Å². The number of amides is 1. The molecule has 6 nitrogen and oxygen atoms in total. The smallest absolute Gasteiger partial charge is 0.219 e. The molecule has 0 spiro atoms. The van der Waals surface area contributed by atoms with Crippen LogP contribution in [0.2, 0.25) is 0 Å². The fourth-order valence-corrected chi connectivity index (χ4v) is 4.51. The second-order valence-corrected chi connectivity index (χ2v) is 8.81. The minimum absolute atomic E-state index is 0.103. The Labute approximate surface area is 187 Å². The van der Waals surface area contributed by atoms with Gasteiger partial charge in [-0.25, -0.2) is 0 Å². The van der Waals surface area contributed by atoms with Crippen LogP contribution in [0.15, 0.2) is 48.8 Å². The van der Waals surface area contributed by atoms with Crippen LogP contribution in [0.25, 0.3) is 33.3 Å². The van der Waals surface area contributed by atoms with Gasteiger partial charge in [-0.15, -0.1) is 0 Å². The van der Waals surface area contributed by atoms with Gasteiger partial charge < -0.3 is 4.90 Å². The summed E-state index contributed by atoms with van der Waals surface area (Å²) >= 11 is 0. The Morgan fingerprint density at radius 1 is 1.09 bits per heavy atom. The Bertz CT molecular complexity index is 1320. The second kappa shape index (κ2) is 7.86. The van der Waals surface area contributed by atoms with Gasteiger partial charge in [0.15, 0.2) is 0 Å². The number of aryl methyl sites for hydroxylation is 1. The van der Waals surface area contributed by atoms with Crippen molar-refractivity contribution in [2.24, 2.45) is 7.05 Å². The highest BCUT2D eigenvalue weighted by Gasteiger charge is 2.26. The molecular weight excluding hydrogens is 398 g/mol. The summed E-state index contributed by atoms with van der Waals surface area (Å²) in [4.78, 5) is 23.2. The maximum atomic E-state index is 12.0. The van der Waals surface area contributed by atoms with Crippen LogP contribution in [-0.4, -0.2) is 37.1 Å². The average molecular weight is 426 g/mol. The summed E-state index contributed by atoms with van der Waals surface area (Å²) < 4.78 is 1.96. The summed E-state index contributed by atoms with van der Waals surface area (Å²) in [5.74, 6) is 0.506. The molecule has 162 valence electrons. The van der Waals surface area contributed by atoms with E-state index in [9.17, 15) is 4.79 Å². The van der Waals surface area contributed by atoms with E-state index in [0.717, 1.165) is 57.5 Å². The first-order valence-electron chi connectivity index (χ1n) is 11.1. The maximum Gasteiger partial charge on any atom is 0.219 e. The van der Waals surface area contributed by atoms with Crippen LogP contribution < -0.4 is 0 Å². The van der Waals surface area contributed by atoms with Gasteiger partial charge in [0.2, 0.25) is 5.91 Å². The number of fused-ring (bicyclic) bond motifs is 2. The van der Waals surface area contributed by atoms with E-state index >= 15 is 0 Å². The monoisotopic (exact) mass is 425 g/mol. The molecule has 0 radical (unpaired) electrons. The number of aromatic nitrogens is 4. The summed E-state index contributed by atoms with van der Waals surface area (Å²) in [5.41, 5.74) is 7.33. The van der Waals surface area contributed by atoms with Crippen LogP contribution in [0, 0.1) is 0 Å². The molecule has 0 fully saturated rings. The quantitative estimate of drug-likeness (QED) is 0.476. The lowest BCUT2D eigenvalue weighted by Crippen LogP contribution is -2.34. The number of pyridine rings is 2. The Kier molecular flexibility index (Phi) is 5.00. The molecule has 4 heterocycles. The predicted molar refractivity (Wildman–Crippen MR) is 126 cm³/mol. The Balaban J connectivity index is 1.58. The molecule has 0 N–H and O–H groups in total. The molecule has 0 bridgehead atoms. The Morgan fingerprint density at radius 2 is 1.94 bits per heavy atom. The van der Waals surface area contributed by atoms with Gasteiger partial charge in [-0.3, -0.25) is 19.4 Å². The summed E-state index contributed by atoms with van der Waals surface area (Å²) in [7, 11) is 1.99. The van der Waals surface area contributed by atoms with Crippen LogP contribution in [0.1, 0.15) is 43.6 Å². The molecule has 32 heavy (non-hydrogen) atoms. The third-order valence-electron chi connectivity index (χ3n) is 6.38. The van der Waals surface area contributed by atoms with E-state index in [4.69, 9.17) is 10.1 Å². The zero-order chi connectivity index (χ0) is 22.4. The summed E-state index contributed by atoms with van der Waals surface area (Å²) in [6, 6.07) is 12.5. The van der Waals surface area contributed by atoms with Gasteiger partial charge in [0.1, 0.15) is 0 Å². The van der Waals surface area contributed by atoms with Crippen molar-refractivity contribution in [3.05, 3.63) is 65.7 Å². The highest BCUT2D eigenvalue weighted by Crippen LogP contribution is 2.35. The molecule has 3 aromatic heterocycles. The lowest BCUT2D eigenvalue weighted by molar-refractivity contribution is -0.129. The molecule has 0 unspecified atom stereocenters. The van der Waals surface area contributed by atoms with Crippen molar-refractivity contribution in [2.75, 3.05) is 6.54 Å². The second-order valence-electron chi connectivity index (χ2n) is 8.81. The fraction of sp³-hybridized carbons (Fsp3) is 0.308. The van der Waals surface area contributed by atoms with E-state index in [2.05, 4.69) is 55.2 Å². The normalized spacial score (nSPS) is 13.6. The molecule has 1 amide bonds. The predicted octanol–water partition coefficient (Wildman–Crippen LogP) is 4.73. The van der Waals surface area contributed by atoms with E-state index in [1.165, 1.54) is 5.69 Å². The first-order chi connectivity index (χ1) is 15.4. The van der Waals surface area contributed by atoms with Crippen molar-refractivity contribution in [3.8, 4) is 22.5 Å². The number of carbonyl (C=O) groups excluding carboxylic acids is 1. The van der Waals surface area contributed by atoms with E-state index < -0.39 is 0 Å². The SMILES string of the molecule is CC(=O)N1CCc2c(c(-c3cccc4cc(-c5ccc(C(C)C)nc5)ncc34)nn2C)C1.